The Morgan fingerprint density at radius 1 is 1.57 bits per heavy atom. The monoisotopic (exact) mass is 225 g/mol. The molecule has 0 aliphatic carbocycles. The summed E-state index contributed by atoms with van der Waals surface area (Å²) in [5.41, 5.74) is 0. The Bertz CT molecular complexity index is 179. The molecule has 6 nitrogen and oxygen atoms in total. The molecule has 0 aromatic carbocycles. The SMILES string of the molecule is COC(=O)OCC(O)CNC(=O)CCl. The van der Waals surface area contributed by atoms with Gasteiger partial charge >= 0.3 is 6.16 Å². The fourth-order valence-electron chi connectivity index (χ4n) is 0.561. The number of halogens is 1. The van der Waals surface area contributed by atoms with Crippen molar-refractivity contribution in [2.24, 2.45) is 0 Å². The smallest absolute Gasteiger partial charge is 0.438 e. The quantitative estimate of drug-likeness (QED) is 0.486. The lowest BCUT2D eigenvalue weighted by molar-refractivity contribution is -0.119. The average molecular weight is 226 g/mol. The zero-order valence-corrected chi connectivity index (χ0v) is 8.41. The summed E-state index contributed by atoms with van der Waals surface area (Å²) < 4.78 is 8.59. The van der Waals surface area contributed by atoms with Crippen LogP contribution in [0.25, 0.3) is 0 Å². The van der Waals surface area contributed by atoms with Crippen LogP contribution in [-0.4, -0.2) is 49.4 Å². The van der Waals surface area contributed by atoms with Crippen molar-refractivity contribution in [3.8, 4) is 0 Å². The van der Waals surface area contributed by atoms with Crippen LogP contribution in [0.15, 0.2) is 0 Å². The highest BCUT2D eigenvalue weighted by Gasteiger charge is 2.09. The molecule has 0 aromatic heterocycles. The predicted molar refractivity (Wildman–Crippen MR) is 48.1 cm³/mol. The summed E-state index contributed by atoms with van der Waals surface area (Å²) in [5, 5.41) is 11.5. The van der Waals surface area contributed by atoms with E-state index in [-0.39, 0.29) is 19.0 Å². The van der Waals surface area contributed by atoms with Crippen LogP contribution in [-0.2, 0) is 14.3 Å². The number of rotatable bonds is 5. The van der Waals surface area contributed by atoms with Gasteiger partial charge in [0.2, 0.25) is 5.91 Å². The molecule has 0 heterocycles. The minimum Gasteiger partial charge on any atom is -0.438 e. The largest absolute Gasteiger partial charge is 0.508 e. The third-order valence-electron chi connectivity index (χ3n) is 1.22. The van der Waals surface area contributed by atoms with Gasteiger partial charge in [-0.2, -0.15) is 0 Å². The Labute approximate surface area is 86.1 Å². The molecule has 2 N–H and O–H groups in total. The van der Waals surface area contributed by atoms with Gasteiger partial charge in [0.25, 0.3) is 0 Å². The van der Waals surface area contributed by atoms with Gasteiger partial charge in [0.05, 0.1) is 7.11 Å². The topological polar surface area (TPSA) is 84.9 Å². The molecule has 0 aliphatic rings. The molecule has 7 heteroatoms. The van der Waals surface area contributed by atoms with E-state index in [1.807, 2.05) is 0 Å². The molecular weight excluding hydrogens is 214 g/mol. The van der Waals surface area contributed by atoms with Gasteiger partial charge in [0, 0.05) is 6.54 Å². The summed E-state index contributed by atoms with van der Waals surface area (Å²) in [6.45, 7) is -0.266. The molecule has 82 valence electrons. The van der Waals surface area contributed by atoms with Gasteiger partial charge in [-0.3, -0.25) is 4.79 Å². The molecule has 0 saturated carbocycles. The first-order chi connectivity index (χ1) is 6.60. The van der Waals surface area contributed by atoms with Crippen molar-refractivity contribution in [3.05, 3.63) is 0 Å². The molecule has 14 heavy (non-hydrogen) atoms. The zero-order valence-electron chi connectivity index (χ0n) is 7.66. The summed E-state index contributed by atoms with van der Waals surface area (Å²) >= 11 is 5.19. The van der Waals surface area contributed by atoms with Crippen LogP contribution in [0.5, 0.6) is 0 Å². The van der Waals surface area contributed by atoms with Crippen LogP contribution in [0, 0.1) is 0 Å². The van der Waals surface area contributed by atoms with Crippen LogP contribution in [0.4, 0.5) is 4.79 Å². The summed E-state index contributed by atoms with van der Waals surface area (Å²) in [7, 11) is 1.16. The predicted octanol–water partition coefficient (Wildman–Crippen LogP) is -0.515. The Morgan fingerprint density at radius 2 is 2.21 bits per heavy atom. The zero-order chi connectivity index (χ0) is 11.0. The van der Waals surface area contributed by atoms with Crippen LogP contribution in [0.2, 0.25) is 0 Å². The lowest BCUT2D eigenvalue weighted by Crippen LogP contribution is -2.35. The molecule has 0 aromatic rings. The summed E-state index contributed by atoms with van der Waals surface area (Å²) in [5.74, 6) is -0.575. The number of methoxy groups -OCH3 is 1. The van der Waals surface area contributed by atoms with Gasteiger partial charge in [-0.25, -0.2) is 4.79 Å². The standard InChI is InChI=1S/C7H12ClNO5/c1-13-7(12)14-4-5(10)3-9-6(11)2-8/h5,10H,2-4H2,1H3,(H,9,11). The highest BCUT2D eigenvalue weighted by atomic mass is 35.5. The van der Waals surface area contributed by atoms with Crippen molar-refractivity contribution < 1.29 is 24.2 Å². The maximum Gasteiger partial charge on any atom is 0.508 e. The normalized spacial score (nSPS) is 11.6. The molecule has 0 aliphatic heterocycles. The van der Waals surface area contributed by atoms with E-state index in [1.165, 1.54) is 0 Å². The van der Waals surface area contributed by atoms with Crippen molar-refractivity contribution in [1.29, 1.82) is 0 Å². The Kier molecular flexibility index (Phi) is 6.87. The van der Waals surface area contributed by atoms with Gasteiger partial charge < -0.3 is 19.9 Å². The maximum atomic E-state index is 10.6. The van der Waals surface area contributed by atoms with Gasteiger partial charge in [0.15, 0.2) is 0 Å². The van der Waals surface area contributed by atoms with Gasteiger partial charge in [-0.1, -0.05) is 0 Å². The van der Waals surface area contributed by atoms with E-state index < -0.39 is 18.2 Å². The molecule has 0 bridgehead atoms. The molecule has 0 saturated heterocycles. The molecule has 0 spiro atoms. The minimum atomic E-state index is -0.971. The third-order valence-corrected chi connectivity index (χ3v) is 1.46. The third kappa shape index (κ3) is 6.50. The molecule has 1 atom stereocenters. The van der Waals surface area contributed by atoms with Crippen molar-refractivity contribution in [2.45, 2.75) is 6.10 Å². The Morgan fingerprint density at radius 3 is 2.71 bits per heavy atom. The lowest BCUT2D eigenvalue weighted by Gasteiger charge is -2.10. The summed E-state index contributed by atoms with van der Waals surface area (Å²) in [4.78, 5) is 21.1. The molecule has 0 rings (SSSR count). The van der Waals surface area contributed by atoms with E-state index in [2.05, 4.69) is 14.8 Å². The van der Waals surface area contributed by atoms with Crippen LogP contribution in [0.3, 0.4) is 0 Å². The van der Waals surface area contributed by atoms with Gasteiger partial charge in [-0.15, -0.1) is 11.6 Å². The molecule has 0 radical (unpaired) electrons. The number of aliphatic hydroxyl groups is 1. The minimum absolute atomic E-state index is 0.0253. The van der Waals surface area contributed by atoms with Crippen molar-refractivity contribution >= 4 is 23.7 Å². The average Bonchev–Trinajstić information content (AvgIpc) is 2.22. The fraction of sp³-hybridized carbons (Fsp3) is 0.714. The second kappa shape index (κ2) is 7.40. The number of aliphatic hydroxyl groups excluding tert-OH is 1. The first kappa shape index (κ1) is 13.0. The lowest BCUT2D eigenvalue weighted by atomic mass is 10.4. The number of hydrogen-bond acceptors (Lipinski definition) is 5. The molecular formula is C7H12ClNO5. The number of carbonyl (C=O) groups is 2. The number of hydrogen-bond donors (Lipinski definition) is 2. The van der Waals surface area contributed by atoms with Crippen molar-refractivity contribution in [1.82, 2.24) is 5.32 Å². The number of nitrogens with one attached hydrogen (secondary N) is 1. The Balaban J connectivity index is 3.50. The van der Waals surface area contributed by atoms with E-state index in [4.69, 9.17) is 16.7 Å². The number of amides is 1. The highest BCUT2D eigenvalue weighted by molar-refractivity contribution is 6.27. The van der Waals surface area contributed by atoms with E-state index in [1.54, 1.807) is 0 Å². The second-order valence-corrected chi connectivity index (χ2v) is 2.62. The highest BCUT2D eigenvalue weighted by Crippen LogP contribution is 1.87. The molecule has 1 unspecified atom stereocenters. The number of alkyl halides is 1. The first-order valence-corrected chi connectivity index (χ1v) is 4.35. The fourth-order valence-corrected chi connectivity index (χ4v) is 0.655. The number of ether oxygens (including phenoxy) is 2. The van der Waals surface area contributed by atoms with Crippen LogP contribution < -0.4 is 5.32 Å². The van der Waals surface area contributed by atoms with E-state index in [0.29, 0.717) is 0 Å². The van der Waals surface area contributed by atoms with Crippen LogP contribution >= 0.6 is 11.6 Å². The molecule has 0 fully saturated rings. The van der Waals surface area contributed by atoms with Crippen LogP contribution in [0.1, 0.15) is 0 Å². The van der Waals surface area contributed by atoms with E-state index in [0.717, 1.165) is 7.11 Å². The number of carbonyl (C=O) groups excluding carboxylic acids is 2. The summed E-state index contributed by atoms with van der Waals surface area (Å²) in [6.07, 6.45) is -1.85. The maximum absolute atomic E-state index is 10.6. The van der Waals surface area contributed by atoms with E-state index >= 15 is 0 Å². The molecule has 1 amide bonds. The first-order valence-electron chi connectivity index (χ1n) is 3.81. The van der Waals surface area contributed by atoms with Gasteiger partial charge in [0.1, 0.15) is 18.6 Å². The Hall–Kier alpha value is -1.01. The van der Waals surface area contributed by atoms with Crippen molar-refractivity contribution in [3.63, 3.8) is 0 Å². The second-order valence-electron chi connectivity index (χ2n) is 2.36. The summed E-state index contributed by atoms with van der Waals surface area (Å²) in [6, 6.07) is 0. The van der Waals surface area contributed by atoms with Crippen molar-refractivity contribution in [2.75, 3.05) is 26.1 Å². The van der Waals surface area contributed by atoms with Gasteiger partial charge in [-0.05, 0) is 0 Å². The van der Waals surface area contributed by atoms with E-state index in [9.17, 15) is 9.59 Å².